The molecule has 0 unspecified atom stereocenters. The first-order valence-electron chi connectivity index (χ1n) is 11.5. The highest BCUT2D eigenvalue weighted by Gasteiger charge is 2.31. The largest absolute Gasteiger partial charge is 0.352 e. The molecule has 34 heavy (non-hydrogen) atoms. The summed E-state index contributed by atoms with van der Waals surface area (Å²) in [6.45, 7) is 11.0. The predicted octanol–water partition coefficient (Wildman–Crippen LogP) is 3.71. The molecule has 0 radical (unpaired) electrons. The van der Waals surface area contributed by atoms with Crippen LogP contribution in [0.4, 0.5) is 5.69 Å². The highest BCUT2D eigenvalue weighted by molar-refractivity contribution is 7.92. The summed E-state index contributed by atoms with van der Waals surface area (Å²) in [5, 5.41) is 2.93. The fourth-order valence-electron chi connectivity index (χ4n) is 3.62. The Hall–Kier alpha value is -2.87. The molecule has 0 aromatic heterocycles. The Bertz CT molecular complexity index is 1130. The number of hydrogen-bond acceptors (Lipinski definition) is 4. The Kier molecular flexibility index (Phi) is 9.27. The third-order valence-corrected chi connectivity index (χ3v) is 7.42. The number of sulfonamides is 1. The highest BCUT2D eigenvalue weighted by atomic mass is 32.2. The molecule has 2 amide bonds. The van der Waals surface area contributed by atoms with Gasteiger partial charge in [0.1, 0.15) is 12.6 Å². The second-order valence-electron chi connectivity index (χ2n) is 8.93. The summed E-state index contributed by atoms with van der Waals surface area (Å²) in [6.07, 6.45) is 1.85. The van der Waals surface area contributed by atoms with Gasteiger partial charge in [0.2, 0.25) is 21.8 Å². The van der Waals surface area contributed by atoms with Crippen LogP contribution < -0.4 is 9.62 Å². The van der Waals surface area contributed by atoms with Gasteiger partial charge in [0.25, 0.3) is 0 Å². The number of rotatable bonds is 10. The molecular weight excluding hydrogens is 450 g/mol. The maximum absolute atomic E-state index is 13.6. The van der Waals surface area contributed by atoms with Crippen LogP contribution in [0.1, 0.15) is 49.4 Å². The Morgan fingerprint density at radius 2 is 1.59 bits per heavy atom. The number of hydrogen-bond donors (Lipinski definition) is 1. The molecule has 0 saturated carbocycles. The van der Waals surface area contributed by atoms with Gasteiger partial charge < -0.3 is 10.2 Å². The molecule has 2 aromatic carbocycles. The van der Waals surface area contributed by atoms with Crippen LogP contribution >= 0.6 is 0 Å². The van der Waals surface area contributed by atoms with Gasteiger partial charge in [0.15, 0.2) is 0 Å². The molecule has 0 spiro atoms. The van der Waals surface area contributed by atoms with E-state index >= 15 is 0 Å². The lowest BCUT2D eigenvalue weighted by atomic mass is 10.1. The zero-order chi connectivity index (χ0) is 25.6. The molecule has 7 nitrogen and oxygen atoms in total. The number of nitrogens with zero attached hydrogens (tertiary/aromatic N) is 2. The average molecular weight is 488 g/mol. The quantitative estimate of drug-likeness (QED) is 0.554. The molecule has 1 N–H and O–H groups in total. The van der Waals surface area contributed by atoms with Crippen LogP contribution in [0.15, 0.2) is 42.5 Å². The molecule has 0 aliphatic carbocycles. The standard InChI is InChI=1S/C26H37N3O4S/c1-8-20(4)27-26(31)22(6)28(16-23-14-10-9-12-19(23)3)25(30)17-29(34(7,32)33)24-15-11-13-18(2)21(24)5/h9-15,20,22H,8,16-17H2,1-7H3,(H,27,31)/t20-,22+/m1/s1. The van der Waals surface area contributed by atoms with E-state index < -0.39 is 28.5 Å². The van der Waals surface area contributed by atoms with E-state index in [1.807, 2.05) is 65.0 Å². The Morgan fingerprint density at radius 3 is 2.18 bits per heavy atom. The van der Waals surface area contributed by atoms with Gasteiger partial charge in [-0.15, -0.1) is 0 Å². The van der Waals surface area contributed by atoms with Crippen LogP contribution in [0, 0.1) is 20.8 Å². The van der Waals surface area contributed by atoms with Crippen molar-refractivity contribution in [3.8, 4) is 0 Å². The number of carbonyl (C=O) groups excluding carboxylic acids is 2. The molecule has 2 rings (SSSR count). The van der Waals surface area contributed by atoms with Gasteiger partial charge in [-0.05, 0) is 69.4 Å². The van der Waals surface area contributed by atoms with Crippen molar-refractivity contribution in [3.05, 3.63) is 64.7 Å². The van der Waals surface area contributed by atoms with Gasteiger partial charge in [-0.3, -0.25) is 13.9 Å². The van der Waals surface area contributed by atoms with Gasteiger partial charge in [-0.2, -0.15) is 0 Å². The smallest absolute Gasteiger partial charge is 0.244 e. The third-order valence-electron chi connectivity index (χ3n) is 6.29. The normalized spacial score (nSPS) is 13.1. The van der Waals surface area contributed by atoms with E-state index in [0.717, 1.165) is 39.2 Å². The van der Waals surface area contributed by atoms with Crippen LogP contribution in [0.5, 0.6) is 0 Å². The van der Waals surface area contributed by atoms with Crippen molar-refractivity contribution in [1.29, 1.82) is 0 Å². The summed E-state index contributed by atoms with van der Waals surface area (Å²) in [6, 6.07) is 12.2. The van der Waals surface area contributed by atoms with Gasteiger partial charge >= 0.3 is 0 Å². The summed E-state index contributed by atoms with van der Waals surface area (Å²) < 4.78 is 26.6. The van der Waals surface area contributed by atoms with Crippen molar-refractivity contribution in [2.75, 3.05) is 17.1 Å². The van der Waals surface area contributed by atoms with Crippen molar-refractivity contribution in [2.45, 2.75) is 66.6 Å². The number of anilines is 1. The third kappa shape index (κ3) is 6.82. The first kappa shape index (κ1) is 27.4. The fourth-order valence-corrected chi connectivity index (χ4v) is 4.52. The Labute approximate surface area is 204 Å². The zero-order valence-electron chi connectivity index (χ0n) is 21.3. The van der Waals surface area contributed by atoms with Gasteiger partial charge in [0, 0.05) is 12.6 Å². The first-order chi connectivity index (χ1) is 15.9. The molecule has 8 heteroatoms. The van der Waals surface area contributed by atoms with E-state index in [9.17, 15) is 18.0 Å². The van der Waals surface area contributed by atoms with Crippen LogP contribution in [0.3, 0.4) is 0 Å². The minimum Gasteiger partial charge on any atom is -0.352 e. The molecule has 0 heterocycles. The number of benzene rings is 2. The predicted molar refractivity (Wildman–Crippen MR) is 137 cm³/mol. The lowest BCUT2D eigenvalue weighted by Gasteiger charge is -2.32. The van der Waals surface area contributed by atoms with E-state index in [-0.39, 0.29) is 18.5 Å². The molecule has 0 aliphatic heterocycles. The van der Waals surface area contributed by atoms with Gasteiger partial charge in [0.05, 0.1) is 11.9 Å². The van der Waals surface area contributed by atoms with Crippen molar-refractivity contribution in [1.82, 2.24) is 10.2 Å². The highest BCUT2D eigenvalue weighted by Crippen LogP contribution is 2.25. The summed E-state index contributed by atoms with van der Waals surface area (Å²) in [7, 11) is -3.75. The maximum atomic E-state index is 13.6. The minimum absolute atomic E-state index is 0.0344. The van der Waals surface area contributed by atoms with Gasteiger partial charge in [-0.25, -0.2) is 8.42 Å². The summed E-state index contributed by atoms with van der Waals surface area (Å²) in [5.41, 5.74) is 4.06. The van der Waals surface area contributed by atoms with E-state index in [4.69, 9.17) is 0 Å². The lowest BCUT2D eigenvalue weighted by molar-refractivity contribution is -0.139. The molecule has 0 aliphatic rings. The second kappa shape index (κ2) is 11.5. The lowest BCUT2D eigenvalue weighted by Crippen LogP contribution is -2.52. The van der Waals surface area contributed by atoms with Gasteiger partial charge in [-0.1, -0.05) is 43.3 Å². The molecule has 0 saturated heterocycles. The first-order valence-corrected chi connectivity index (χ1v) is 13.4. The Balaban J connectivity index is 2.45. The second-order valence-corrected chi connectivity index (χ2v) is 10.8. The molecule has 0 fully saturated rings. The maximum Gasteiger partial charge on any atom is 0.244 e. The number of carbonyl (C=O) groups is 2. The van der Waals surface area contributed by atoms with Crippen molar-refractivity contribution in [3.63, 3.8) is 0 Å². The summed E-state index contributed by atoms with van der Waals surface area (Å²) in [5.74, 6) is -0.713. The summed E-state index contributed by atoms with van der Waals surface area (Å²) in [4.78, 5) is 28.0. The fraction of sp³-hybridized carbons (Fsp3) is 0.462. The van der Waals surface area contributed by atoms with Crippen molar-refractivity contribution >= 4 is 27.5 Å². The van der Waals surface area contributed by atoms with Crippen LogP contribution in [-0.4, -0.2) is 50.0 Å². The SMILES string of the molecule is CC[C@@H](C)NC(=O)[C@H](C)N(Cc1ccccc1C)C(=O)CN(c1cccc(C)c1C)S(C)(=O)=O. The van der Waals surface area contributed by atoms with E-state index in [1.165, 1.54) is 4.90 Å². The topological polar surface area (TPSA) is 86.8 Å². The van der Waals surface area contributed by atoms with E-state index in [2.05, 4.69) is 5.32 Å². The minimum atomic E-state index is -3.75. The van der Waals surface area contributed by atoms with Crippen LogP contribution in [0.2, 0.25) is 0 Å². The monoisotopic (exact) mass is 487 g/mol. The van der Waals surface area contributed by atoms with Crippen molar-refractivity contribution in [2.24, 2.45) is 0 Å². The van der Waals surface area contributed by atoms with Crippen LogP contribution in [-0.2, 0) is 26.2 Å². The van der Waals surface area contributed by atoms with E-state index in [0.29, 0.717) is 5.69 Å². The molecule has 0 bridgehead atoms. The molecular formula is C26H37N3O4S. The Morgan fingerprint density at radius 1 is 0.971 bits per heavy atom. The molecule has 186 valence electrons. The number of nitrogens with one attached hydrogen (secondary N) is 1. The number of aryl methyl sites for hydroxylation is 2. The van der Waals surface area contributed by atoms with E-state index in [1.54, 1.807) is 19.1 Å². The zero-order valence-corrected chi connectivity index (χ0v) is 22.1. The molecule has 2 atom stereocenters. The van der Waals surface area contributed by atoms with Crippen molar-refractivity contribution < 1.29 is 18.0 Å². The molecule has 2 aromatic rings. The average Bonchev–Trinajstić information content (AvgIpc) is 2.77. The number of amides is 2. The van der Waals surface area contributed by atoms with Crippen LogP contribution in [0.25, 0.3) is 0 Å². The summed E-state index contributed by atoms with van der Waals surface area (Å²) >= 11 is 0.